The van der Waals surface area contributed by atoms with Crippen LogP contribution in [-0.2, 0) is 17.9 Å². The molecule has 1 aromatic carbocycles. The lowest BCUT2D eigenvalue weighted by Crippen LogP contribution is -2.31. The highest BCUT2D eigenvalue weighted by atomic mass is 19.3. The molecule has 1 atom stereocenters. The molecule has 0 radical (unpaired) electrons. The second-order valence-electron chi connectivity index (χ2n) is 9.84. The second-order valence-corrected chi connectivity index (χ2v) is 9.84. The van der Waals surface area contributed by atoms with E-state index in [1.54, 1.807) is 40.2 Å². The van der Waals surface area contributed by atoms with Gasteiger partial charge in [-0.15, -0.1) is 0 Å². The molecule has 0 saturated heterocycles. The molecule has 9 nitrogen and oxygen atoms in total. The van der Waals surface area contributed by atoms with Crippen LogP contribution in [0.3, 0.4) is 0 Å². The number of hydrogen-bond acceptors (Lipinski definition) is 6. The number of carbonyl (C=O) groups excluding carboxylic acids is 1. The summed E-state index contributed by atoms with van der Waals surface area (Å²) in [5, 5.41) is 3.35. The number of benzene rings is 1. The zero-order valence-corrected chi connectivity index (χ0v) is 22.5. The van der Waals surface area contributed by atoms with Gasteiger partial charge in [0, 0.05) is 50.6 Å². The number of halogens is 3. The number of carbonyl (C=O) groups is 1. The van der Waals surface area contributed by atoms with Crippen molar-refractivity contribution >= 4 is 11.7 Å². The first-order valence-electron chi connectivity index (χ1n) is 12.7. The van der Waals surface area contributed by atoms with Gasteiger partial charge < -0.3 is 19.4 Å². The van der Waals surface area contributed by atoms with E-state index >= 15 is 0 Å². The number of anilines is 1. The molecule has 1 aromatic heterocycles. The quantitative estimate of drug-likeness (QED) is 0.394. The average Bonchev–Trinajstić information content (AvgIpc) is 3.40. The average molecular weight is 552 g/mol. The van der Waals surface area contributed by atoms with E-state index in [1.165, 1.54) is 27.7 Å². The van der Waals surface area contributed by atoms with E-state index in [0.29, 0.717) is 41.4 Å². The minimum Gasteiger partial charge on any atom is -0.369 e. The Morgan fingerprint density at radius 3 is 2.60 bits per heavy atom. The van der Waals surface area contributed by atoms with E-state index in [4.69, 9.17) is 0 Å². The fourth-order valence-electron chi connectivity index (χ4n) is 4.77. The Labute approximate surface area is 228 Å². The Bertz CT molecular complexity index is 1710. The molecular weight excluding hydrogens is 523 g/mol. The molecule has 0 saturated carbocycles. The molecule has 5 rings (SSSR count). The standard InChI is InChI=1S/C28H28F3N7O2/c1-15(18-6-5-7-19(24(18)29)25(30)31)33-26-21-13-20(27-32-9-11-38(27)28(21)35-16(2)34-26)17-8-10-37(22(39)12-17)14-23(40)36(3)4/h5-8,10,12-13,15,25,32H,9,11,14H2,1-4H3/t15-/m1/s1. The van der Waals surface area contributed by atoms with Gasteiger partial charge in [0.2, 0.25) is 5.91 Å². The van der Waals surface area contributed by atoms with Gasteiger partial charge in [0.1, 0.15) is 29.8 Å². The van der Waals surface area contributed by atoms with Crippen molar-refractivity contribution in [2.45, 2.75) is 39.4 Å². The summed E-state index contributed by atoms with van der Waals surface area (Å²) in [6.45, 7) is 4.50. The van der Waals surface area contributed by atoms with E-state index in [1.807, 2.05) is 10.6 Å². The van der Waals surface area contributed by atoms with E-state index in [0.717, 1.165) is 11.9 Å². The second kappa shape index (κ2) is 10.6. The molecule has 3 aliphatic rings. The van der Waals surface area contributed by atoms with Crippen molar-refractivity contribution < 1.29 is 18.0 Å². The number of aryl methyl sites for hydroxylation is 1. The summed E-state index contributed by atoms with van der Waals surface area (Å²) in [5.41, 5.74) is 1.20. The molecule has 0 spiro atoms. The minimum atomic E-state index is -2.94. The monoisotopic (exact) mass is 551 g/mol. The summed E-state index contributed by atoms with van der Waals surface area (Å²) in [5.74, 6) is 0.623. The molecule has 0 fully saturated rings. The Morgan fingerprint density at radius 2 is 1.90 bits per heavy atom. The third-order valence-electron chi connectivity index (χ3n) is 6.89. The van der Waals surface area contributed by atoms with E-state index in [2.05, 4.69) is 20.3 Å². The highest BCUT2D eigenvalue weighted by Gasteiger charge is 2.25. The molecule has 3 aliphatic heterocycles. The van der Waals surface area contributed by atoms with Gasteiger partial charge in [-0.1, -0.05) is 18.2 Å². The third kappa shape index (κ3) is 4.96. The Hall–Kier alpha value is -4.48. The highest BCUT2D eigenvalue weighted by molar-refractivity contribution is 5.82. The molecule has 2 aromatic rings. The van der Waals surface area contributed by atoms with Crippen LogP contribution < -0.4 is 16.4 Å². The maximum Gasteiger partial charge on any atom is 0.266 e. The molecule has 1 amide bonds. The van der Waals surface area contributed by atoms with Crippen LogP contribution in [0.5, 0.6) is 0 Å². The van der Waals surface area contributed by atoms with Crippen LogP contribution in [0.15, 0.2) is 52.4 Å². The fraction of sp³-hybridized carbons (Fsp3) is 0.321. The van der Waals surface area contributed by atoms with Crippen molar-refractivity contribution in [2.24, 2.45) is 4.99 Å². The first-order chi connectivity index (χ1) is 19.0. The molecule has 0 bridgehead atoms. The number of likely N-dealkylation sites (N-methyl/N-ethyl adjacent to an activating group) is 1. The van der Waals surface area contributed by atoms with Gasteiger partial charge in [-0.3, -0.25) is 14.6 Å². The van der Waals surface area contributed by atoms with Gasteiger partial charge in [-0.05, 0) is 31.5 Å². The van der Waals surface area contributed by atoms with Crippen molar-refractivity contribution in [2.75, 3.05) is 26.0 Å². The zero-order valence-electron chi connectivity index (χ0n) is 22.5. The third-order valence-corrected chi connectivity index (χ3v) is 6.89. The number of pyridine rings is 2. The van der Waals surface area contributed by atoms with Crippen molar-refractivity contribution in [3.63, 3.8) is 0 Å². The Balaban J connectivity index is 1.66. The summed E-state index contributed by atoms with van der Waals surface area (Å²) in [6.07, 6.45) is -1.37. The van der Waals surface area contributed by atoms with E-state index in [-0.39, 0.29) is 29.1 Å². The molecule has 0 aliphatic carbocycles. The van der Waals surface area contributed by atoms with Gasteiger partial charge in [-0.2, -0.15) is 0 Å². The first kappa shape index (κ1) is 27.1. The number of rotatable bonds is 6. The molecular formula is C28H28F3N7O2. The largest absolute Gasteiger partial charge is 0.369 e. The maximum atomic E-state index is 14.9. The van der Waals surface area contributed by atoms with Crippen LogP contribution in [0.25, 0.3) is 22.5 Å². The van der Waals surface area contributed by atoms with Crippen LogP contribution in [-0.4, -0.2) is 50.5 Å². The van der Waals surface area contributed by atoms with Crippen molar-refractivity contribution in [3.05, 3.63) is 81.2 Å². The number of alkyl halides is 2. The molecule has 1 N–H and O–H groups in total. The zero-order chi connectivity index (χ0) is 28.7. The van der Waals surface area contributed by atoms with Gasteiger partial charge >= 0.3 is 0 Å². The number of fused-ring (bicyclic) bond motifs is 3. The fourth-order valence-corrected chi connectivity index (χ4v) is 4.77. The summed E-state index contributed by atoms with van der Waals surface area (Å²) in [7, 11) is 3.25. The molecule has 0 unspecified atom stereocenters. The normalized spacial score (nSPS) is 13.9. The lowest BCUT2D eigenvalue weighted by atomic mass is 10.0. The minimum absolute atomic E-state index is 0.0359. The Morgan fingerprint density at radius 1 is 1.15 bits per heavy atom. The predicted octanol–water partition coefficient (Wildman–Crippen LogP) is 3.77. The lowest BCUT2D eigenvalue weighted by molar-refractivity contribution is -0.129. The van der Waals surface area contributed by atoms with Crippen LogP contribution in [0, 0.1) is 12.7 Å². The van der Waals surface area contributed by atoms with Gasteiger partial charge in [0.25, 0.3) is 12.0 Å². The van der Waals surface area contributed by atoms with E-state index in [9.17, 15) is 22.8 Å². The molecule has 4 heterocycles. The van der Waals surface area contributed by atoms with Crippen LogP contribution >= 0.6 is 0 Å². The number of hydrogen-bond donors (Lipinski definition) is 1. The van der Waals surface area contributed by atoms with Crippen molar-refractivity contribution in [1.82, 2.24) is 24.0 Å². The summed E-state index contributed by atoms with van der Waals surface area (Å²) < 4.78 is 44.8. The lowest BCUT2D eigenvalue weighted by Gasteiger charge is -2.19. The summed E-state index contributed by atoms with van der Waals surface area (Å²) in [4.78, 5) is 40.2. The predicted molar refractivity (Wildman–Crippen MR) is 144 cm³/mol. The number of aromatic nitrogens is 4. The van der Waals surface area contributed by atoms with Crippen molar-refractivity contribution in [1.29, 1.82) is 0 Å². The SMILES string of the molecule is Cc1nc2n3c(c(-c4ccn(CC(=O)N(C)C)c(=O)c4)cc-2c(=N[C@H](C)c2cccc(C(F)F)c2F)n1)NCC3. The van der Waals surface area contributed by atoms with Gasteiger partial charge in [0.15, 0.2) is 5.49 Å². The molecule has 12 heteroatoms. The summed E-state index contributed by atoms with van der Waals surface area (Å²) >= 11 is 0. The number of amides is 1. The van der Waals surface area contributed by atoms with Crippen LogP contribution in [0.4, 0.5) is 19.0 Å². The van der Waals surface area contributed by atoms with Crippen molar-refractivity contribution in [3.8, 4) is 22.5 Å². The highest BCUT2D eigenvalue weighted by Crippen LogP contribution is 2.36. The summed E-state index contributed by atoms with van der Waals surface area (Å²) in [6, 6.07) is 8.11. The number of nitrogens with one attached hydrogen (secondary N) is 1. The van der Waals surface area contributed by atoms with E-state index < -0.39 is 23.8 Å². The van der Waals surface area contributed by atoms with Crippen LogP contribution in [0.2, 0.25) is 0 Å². The molecule has 40 heavy (non-hydrogen) atoms. The Kier molecular flexibility index (Phi) is 7.17. The number of nitrogens with zero attached hydrogens (tertiary/aromatic N) is 6. The maximum absolute atomic E-state index is 14.9. The molecule has 208 valence electrons. The van der Waals surface area contributed by atoms with Gasteiger partial charge in [-0.25, -0.2) is 23.1 Å². The first-order valence-corrected chi connectivity index (χ1v) is 12.7. The topological polar surface area (TPSA) is 97.4 Å². The van der Waals surface area contributed by atoms with Gasteiger partial charge in [0.05, 0.1) is 17.2 Å². The smallest absolute Gasteiger partial charge is 0.266 e. The van der Waals surface area contributed by atoms with Crippen LogP contribution in [0.1, 0.15) is 36.3 Å².